The lowest BCUT2D eigenvalue weighted by molar-refractivity contribution is -0.141. The lowest BCUT2D eigenvalue weighted by Crippen LogP contribution is -2.48. The van der Waals surface area contributed by atoms with Gasteiger partial charge in [0.25, 0.3) is 0 Å². The number of rotatable bonds is 7. The molecule has 4 rings (SSSR count). The highest BCUT2D eigenvalue weighted by molar-refractivity contribution is 9.10. The molecule has 0 aliphatic carbocycles. The zero-order valence-electron chi connectivity index (χ0n) is 19.9. The maximum absolute atomic E-state index is 13.5. The van der Waals surface area contributed by atoms with Crippen LogP contribution in [0, 0.1) is 6.92 Å². The number of carbonyl (C=O) groups excluding carboxylic acids is 1. The molecule has 2 aromatic heterocycles. The molecule has 0 spiro atoms. The highest BCUT2D eigenvalue weighted by atomic mass is 79.9. The van der Waals surface area contributed by atoms with Crippen LogP contribution < -0.4 is 0 Å². The zero-order valence-corrected chi connectivity index (χ0v) is 22.3. The quantitative estimate of drug-likeness (QED) is 0.292. The third kappa shape index (κ3) is 6.65. The van der Waals surface area contributed by atoms with Gasteiger partial charge in [0.1, 0.15) is 5.69 Å². The molecule has 7 nitrogen and oxygen atoms in total. The van der Waals surface area contributed by atoms with E-state index in [1.54, 1.807) is 22.7 Å². The van der Waals surface area contributed by atoms with Crippen LogP contribution in [0.2, 0.25) is 0 Å². The molecule has 0 bridgehead atoms. The van der Waals surface area contributed by atoms with E-state index in [1.165, 1.54) is 5.56 Å². The van der Waals surface area contributed by atoms with Crippen LogP contribution in [-0.2, 0) is 24.1 Å². The standard InChI is InChI=1S/C24H26BrF3N6OS/c1-3-34-14-19(16(2)31-34)20-12-21(24(26,27)28)30-23(29-20)36-15-22(35)33-9-7-32(8-10-33)13-17-5-4-6-18(25)11-17/h4-6,11-12,14H,3,7-10,13,15H2,1-2H3. The third-order valence-electron chi connectivity index (χ3n) is 5.89. The van der Waals surface area contributed by atoms with Gasteiger partial charge < -0.3 is 4.90 Å². The number of hydrogen-bond acceptors (Lipinski definition) is 6. The van der Waals surface area contributed by atoms with Gasteiger partial charge in [-0.2, -0.15) is 18.3 Å². The highest BCUT2D eigenvalue weighted by Crippen LogP contribution is 2.33. The van der Waals surface area contributed by atoms with E-state index in [0.717, 1.165) is 41.9 Å². The van der Waals surface area contributed by atoms with E-state index in [1.807, 2.05) is 19.1 Å². The molecular weight excluding hydrogens is 557 g/mol. The minimum Gasteiger partial charge on any atom is -0.339 e. The monoisotopic (exact) mass is 582 g/mol. The fourth-order valence-corrected chi connectivity index (χ4v) is 5.18. The summed E-state index contributed by atoms with van der Waals surface area (Å²) < 4.78 is 43.3. The minimum atomic E-state index is -4.63. The van der Waals surface area contributed by atoms with E-state index in [4.69, 9.17) is 0 Å². The second kappa shape index (κ2) is 11.3. The molecule has 36 heavy (non-hydrogen) atoms. The summed E-state index contributed by atoms with van der Waals surface area (Å²) >= 11 is 4.41. The highest BCUT2D eigenvalue weighted by Gasteiger charge is 2.34. The molecular formula is C24H26BrF3N6OS. The number of amides is 1. The van der Waals surface area contributed by atoms with Gasteiger partial charge in [0, 0.05) is 55.5 Å². The number of benzene rings is 1. The third-order valence-corrected chi connectivity index (χ3v) is 7.21. The number of alkyl halides is 3. The van der Waals surface area contributed by atoms with Gasteiger partial charge in [-0.1, -0.05) is 39.8 Å². The van der Waals surface area contributed by atoms with Gasteiger partial charge in [-0.25, -0.2) is 9.97 Å². The normalized spacial score (nSPS) is 14.9. The summed E-state index contributed by atoms with van der Waals surface area (Å²) in [5, 5.41) is 4.22. The topological polar surface area (TPSA) is 67.2 Å². The van der Waals surface area contributed by atoms with Crippen LogP contribution in [0.1, 0.15) is 23.9 Å². The van der Waals surface area contributed by atoms with Gasteiger partial charge in [-0.05, 0) is 37.6 Å². The first-order valence-electron chi connectivity index (χ1n) is 11.5. The predicted octanol–water partition coefficient (Wildman–Crippen LogP) is 4.89. The molecule has 3 aromatic rings. The van der Waals surface area contributed by atoms with Gasteiger partial charge >= 0.3 is 6.18 Å². The van der Waals surface area contributed by atoms with Crippen molar-refractivity contribution in [1.82, 2.24) is 29.5 Å². The largest absolute Gasteiger partial charge is 0.433 e. The smallest absolute Gasteiger partial charge is 0.339 e. The number of piperazine rings is 1. The Morgan fingerprint density at radius 3 is 2.53 bits per heavy atom. The summed E-state index contributed by atoms with van der Waals surface area (Å²) in [5.74, 6) is -0.167. The second-order valence-electron chi connectivity index (χ2n) is 8.48. The molecule has 1 aromatic carbocycles. The molecule has 0 unspecified atom stereocenters. The summed E-state index contributed by atoms with van der Waals surface area (Å²) in [4.78, 5) is 24.8. The van der Waals surface area contributed by atoms with E-state index < -0.39 is 11.9 Å². The summed E-state index contributed by atoms with van der Waals surface area (Å²) in [6.07, 6.45) is -2.96. The Bertz CT molecular complexity index is 1230. The van der Waals surface area contributed by atoms with Crippen molar-refractivity contribution in [2.75, 3.05) is 31.9 Å². The fourth-order valence-electron chi connectivity index (χ4n) is 3.97. The number of hydrogen-bond donors (Lipinski definition) is 0. The van der Waals surface area contributed by atoms with Crippen molar-refractivity contribution in [3.63, 3.8) is 0 Å². The van der Waals surface area contributed by atoms with E-state index in [2.05, 4.69) is 48.0 Å². The number of halogens is 4. The number of nitrogens with zero attached hydrogens (tertiary/aromatic N) is 6. The molecule has 1 amide bonds. The number of thioether (sulfide) groups is 1. The molecule has 1 fully saturated rings. The van der Waals surface area contributed by atoms with Crippen LogP contribution in [0.5, 0.6) is 0 Å². The maximum atomic E-state index is 13.5. The fraction of sp³-hybridized carbons (Fsp3) is 0.417. The Hall–Kier alpha value is -2.44. The lowest BCUT2D eigenvalue weighted by atomic mass is 10.1. The van der Waals surface area contributed by atoms with Crippen molar-refractivity contribution >= 4 is 33.6 Å². The van der Waals surface area contributed by atoms with Crippen molar-refractivity contribution in [3.05, 3.63) is 58.0 Å². The minimum absolute atomic E-state index is 0.0282. The molecule has 0 atom stereocenters. The first-order valence-corrected chi connectivity index (χ1v) is 13.3. The van der Waals surface area contributed by atoms with Crippen molar-refractivity contribution in [3.8, 4) is 11.3 Å². The van der Waals surface area contributed by atoms with E-state index in [9.17, 15) is 18.0 Å². The van der Waals surface area contributed by atoms with Gasteiger partial charge in [0.05, 0.1) is 17.1 Å². The maximum Gasteiger partial charge on any atom is 0.433 e. The molecule has 3 heterocycles. The number of aromatic nitrogens is 4. The molecule has 0 radical (unpaired) electrons. The average molecular weight is 583 g/mol. The van der Waals surface area contributed by atoms with Crippen LogP contribution in [-0.4, -0.2) is 67.4 Å². The van der Waals surface area contributed by atoms with E-state index in [0.29, 0.717) is 30.9 Å². The predicted molar refractivity (Wildman–Crippen MR) is 135 cm³/mol. The second-order valence-corrected chi connectivity index (χ2v) is 10.3. The molecule has 0 N–H and O–H groups in total. The Kier molecular flexibility index (Phi) is 8.36. The molecule has 1 saturated heterocycles. The molecule has 12 heteroatoms. The van der Waals surface area contributed by atoms with Crippen LogP contribution in [0.25, 0.3) is 11.3 Å². The van der Waals surface area contributed by atoms with E-state index >= 15 is 0 Å². The van der Waals surface area contributed by atoms with Crippen molar-refractivity contribution in [1.29, 1.82) is 0 Å². The summed E-state index contributed by atoms with van der Waals surface area (Å²) in [6, 6.07) is 9.05. The van der Waals surface area contributed by atoms with Gasteiger partial charge in [0.15, 0.2) is 5.16 Å². The molecule has 1 aliphatic rings. The number of carbonyl (C=O) groups is 1. The zero-order chi connectivity index (χ0) is 25.9. The van der Waals surface area contributed by atoms with Gasteiger partial charge in [-0.15, -0.1) is 0 Å². The van der Waals surface area contributed by atoms with Crippen molar-refractivity contribution in [2.24, 2.45) is 0 Å². The van der Waals surface area contributed by atoms with Crippen LogP contribution in [0.15, 0.2) is 46.2 Å². The molecule has 192 valence electrons. The Labute approximate surface area is 220 Å². The van der Waals surface area contributed by atoms with Gasteiger partial charge in [0.2, 0.25) is 5.91 Å². The van der Waals surface area contributed by atoms with E-state index in [-0.39, 0.29) is 22.5 Å². The SMILES string of the molecule is CCn1cc(-c2cc(C(F)(F)F)nc(SCC(=O)N3CCN(Cc4cccc(Br)c4)CC3)n2)c(C)n1. The van der Waals surface area contributed by atoms with Crippen molar-refractivity contribution in [2.45, 2.75) is 38.3 Å². The van der Waals surface area contributed by atoms with Crippen LogP contribution >= 0.6 is 27.7 Å². The van der Waals surface area contributed by atoms with Crippen molar-refractivity contribution < 1.29 is 18.0 Å². The summed E-state index contributed by atoms with van der Waals surface area (Å²) in [5.41, 5.74) is 1.39. The lowest BCUT2D eigenvalue weighted by Gasteiger charge is -2.34. The average Bonchev–Trinajstić information content (AvgIpc) is 3.23. The Morgan fingerprint density at radius 1 is 1.14 bits per heavy atom. The van der Waals surface area contributed by atoms with Crippen LogP contribution in [0.3, 0.4) is 0 Å². The molecule has 1 aliphatic heterocycles. The molecule has 0 saturated carbocycles. The summed E-state index contributed by atoms with van der Waals surface area (Å²) in [6.45, 7) is 7.60. The van der Waals surface area contributed by atoms with Gasteiger partial charge in [-0.3, -0.25) is 14.4 Å². The number of aryl methyl sites for hydroxylation is 2. The first kappa shape index (κ1) is 26.6. The first-order chi connectivity index (χ1) is 17.1. The Morgan fingerprint density at radius 2 is 1.89 bits per heavy atom. The Balaban J connectivity index is 1.39. The van der Waals surface area contributed by atoms with Crippen LogP contribution in [0.4, 0.5) is 13.2 Å². The summed E-state index contributed by atoms with van der Waals surface area (Å²) in [7, 11) is 0.